The van der Waals surface area contributed by atoms with Crippen LogP contribution in [0.3, 0.4) is 0 Å². The first-order valence-corrected chi connectivity index (χ1v) is 2.92. The molecule has 0 nitrogen and oxygen atoms in total. The van der Waals surface area contributed by atoms with Crippen molar-refractivity contribution in [3.05, 3.63) is 11.0 Å². The third-order valence-corrected chi connectivity index (χ3v) is 1.56. The van der Waals surface area contributed by atoms with Crippen molar-refractivity contribution in [1.82, 2.24) is 0 Å². The largest absolute Gasteiger partial charge is 0.0850 e. The van der Waals surface area contributed by atoms with Gasteiger partial charge in [0.2, 0.25) is 0 Å². The Morgan fingerprint density at radius 1 is 1.57 bits per heavy atom. The average Bonchev–Trinajstić information content (AvgIpc) is 1.65. The van der Waals surface area contributed by atoms with E-state index in [1.54, 1.807) is 0 Å². The van der Waals surface area contributed by atoms with Gasteiger partial charge in [0.05, 0.1) is 0 Å². The van der Waals surface area contributed by atoms with Crippen LogP contribution in [-0.2, 0) is 0 Å². The fourth-order valence-corrected chi connectivity index (χ4v) is 0.333. The predicted molar refractivity (Wildman–Crippen MR) is 36.2 cm³/mol. The maximum Gasteiger partial charge on any atom is 0.0135 e. The van der Waals surface area contributed by atoms with Crippen molar-refractivity contribution in [3.63, 3.8) is 0 Å². The summed E-state index contributed by atoms with van der Waals surface area (Å²) in [4.78, 5) is 1.06. The Labute approximate surface area is 51.0 Å². The molecule has 0 aromatic rings. The minimum atomic E-state index is 0.542. The molecule has 0 aliphatic carbocycles. The van der Waals surface area contributed by atoms with E-state index < -0.39 is 0 Å². The van der Waals surface area contributed by atoms with Crippen molar-refractivity contribution in [2.24, 2.45) is 5.92 Å². The number of allylic oxidation sites excluding steroid dienone is 2. The summed E-state index contributed by atoms with van der Waals surface area (Å²) in [5.74, 6) is 0.542. The van der Waals surface area contributed by atoms with Crippen LogP contribution < -0.4 is 0 Å². The standard InChI is InChI=1S/C6H11S/c1-4-6(7)5(2)3/h4-5H,1-3H3/b6-4-. The van der Waals surface area contributed by atoms with Gasteiger partial charge in [0, 0.05) is 4.91 Å². The second kappa shape index (κ2) is 3.03. The molecule has 0 aliphatic rings. The molecule has 0 fully saturated rings. The molecule has 0 unspecified atom stereocenters. The Hall–Kier alpha value is -0.0400. The first-order chi connectivity index (χ1) is 3.18. The highest BCUT2D eigenvalue weighted by Crippen LogP contribution is 2.11. The lowest BCUT2D eigenvalue weighted by atomic mass is 10.2. The summed E-state index contributed by atoms with van der Waals surface area (Å²) >= 11 is 4.92. The Balaban J connectivity index is 3.56. The molecule has 0 atom stereocenters. The maximum atomic E-state index is 4.92. The van der Waals surface area contributed by atoms with E-state index in [0.29, 0.717) is 5.92 Å². The summed E-state index contributed by atoms with van der Waals surface area (Å²) in [7, 11) is 0. The lowest BCUT2D eigenvalue weighted by Gasteiger charge is -1.97. The molecule has 1 radical (unpaired) electrons. The molecule has 0 saturated heterocycles. The zero-order chi connectivity index (χ0) is 5.86. The van der Waals surface area contributed by atoms with Crippen LogP contribution in [0, 0.1) is 5.92 Å². The van der Waals surface area contributed by atoms with Crippen LogP contribution in [0.2, 0.25) is 0 Å². The molecule has 0 aromatic heterocycles. The smallest absolute Gasteiger partial charge is 0.0135 e. The lowest BCUT2D eigenvalue weighted by molar-refractivity contribution is 0.816. The van der Waals surface area contributed by atoms with Crippen LogP contribution in [0.1, 0.15) is 20.8 Å². The highest BCUT2D eigenvalue weighted by molar-refractivity contribution is 7.84. The minimum Gasteiger partial charge on any atom is -0.0850 e. The van der Waals surface area contributed by atoms with Gasteiger partial charge in [-0.3, -0.25) is 0 Å². The molecule has 0 N–H and O–H groups in total. The van der Waals surface area contributed by atoms with Crippen LogP contribution >= 0.6 is 12.6 Å². The summed E-state index contributed by atoms with van der Waals surface area (Å²) in [6.45, 7) is 6.17. The molecule has 1 heteroatoms. The lowest BCUT2D eigenvalue weighted by Crippen LogP contribution is -1.82. The van der Waals surface area contributed by atoms with Crippen molar-refractivity contribution in [2.75, 3.05) is 0 Å². The summed E-state index contributed by atoms with van der Waals surface area (Å²) < 4.78 is 0. The number of hydrogen-bond acceptors (Lipinski definition) is 0. The van der Waals surface area contributed by atoms with E-state index in [1.807, 2.05) is 13.0 Å². The van der Waals surface area contributed by atoms with Gasteiger partial charge >= 0.3 is 0 Å². The topological polar surface area (TPSA) is 0 Å². The van der Waals surface area contributed by atoms with Crippen molar-refractivity contribution in [2.45, 2.75) is 20.8 Å². The van der Waals surface area contributed by atoms with Crippen LogP contribution in [0.25, 0.3) is 0 Å². The van der Waals surface area contributed by atoms with E-state index in [2.05, 4.69) is 13.8 Å². The van der Waals surface area contributed by atoms with E-state index in [9.17, 15) is 0 Å². The molecular weight excluding hydrogens is 104 g/mol. The second-order valence-corrected chi connectivity index (χ2v) is 2.32. The monoisotopic (exact) mass is 115 g/mol. The molecule has 0 aliphatic heterocycles. The van der Waals surface area contributed by atoms with Gasteiger partial charge in [-0.1, -0.05) is 32.6 Å². The third kappa shape index (κ3) is 2.63. The Bertz CT molecular complexity index is 72.2. The molecule has 0 spiro atoms. The molecule has 7 heavy (non-hydrogen) atoms. The normalized spacial score (nSPS) is 12.9. The Kier molecular flexibility index (Phi) is 3.01. The van der Waals surface area contributed by atoms with E-state index >= 15 is 0 Å². The summed E-state index contributed by atoms with van der Waals surface area (Å²) in [5.41, 5.74) is 0. The molecule has 0 aromatic carbocycles. The summed E-state index contributed by atoms with van der Waals surface area (Å²) in [5, 5.41) is 0. The SMILES string of the molecule is C/C=C(\[S])C(C)C. The van der Waals surface area contributed by atoms with Gasteiger partial charge < -0.3 is 0 Å². The van der Waals surface area contributed by atoms with Gasteiger partial charge in [0.15, 0.2) is 0 Å². The van der Waals surface area contributed by atoms with Crippen molar-refractivity contribution < 1.29 is 0 Å². The van der Waals surface area contributed by atoms with Crippen molar-refractivity contribution >= 4 is 12.6 Å². The van der Waals surface area contributed by atoms with Crippen LogP contribution in [0.15, 0.2) is 11.0 Å². The number of hydrogen-bond donors (Lipinski definition) is 0. The fraction of sp³-hybridized carbons (Fsp3) is 0.667. The van der Waals surface area contributed by atoms with Crippen LogP contribution in [0.4, 0.5) is 0 Å². The molecule has 0 bridgehead atoms. The van der Waals surface area contributed by atoms with Gasteiger partial charge in [-0.2, -0.15) is 0 Å². The molecule has 0 amide bonds. The van der Waals surface area contributed by atoms with Gasteiger partial charge in [-0.15, -0.1) is 0 Å². The van der Waals surface area contributed by atoms with Gasteiger partial charge in [-0.05, 0) is 12.8 Å². The quantitative estimate of drug-likeness (QED) is 0.493. The number of rotatable bonds is 1. The molecule has 0 heterocycles. The van der Waals surface area contributed by atoms with E-state index in [1.165, 1.54) is 0 Å². The minimum absolute atomic E-state index is 0.542. The summed E-state index contributed by atoms with van der Waals surface area (Å²) in [6.07, 6.45) is 1.97. The average molecular weight is 115 g/mol. The maximum absolute atomic E-state index is 4.92. The first-order valence-electron chi connectivity index (χ1n) is 2.51. The summed E-state index contributed by atoms with van der Waals surface area (Å²) in [6, 6.07) is 0. The molecule has 41 valence electrons. The van der Waals surface area contributed by atoms with Gasteiger partial charge in [0.1, 0.15) is 0 Å². The van der Waals surface area contributed by atoms with E-state index in [-0.39, 0.29) is 0 Å². The molecular formula is C6H11S. The van der Waals surface area contributed by atoms with E-state index in [0.717, 1.165) is 4.91 Å². The van der Waals surface area contributed by atoms with E-state index in [4.69, 9.17) is 12.6 Å². The highest BCUT2D eigenvalue weighted by atomic mass is 32.1. The Morgan fingerprint density at radius 2 is 2.00 bits per heavy atom. The fourth-order valence-electron chi connectivity index (χ4n) is 0.333. The van der Waals surface area contributed by atoms with Crippen molar-refractivity contribution in [1.29, 1.82) is 0 Å². The Morgan fingerprint density at radius 3 is 2.00 bits per heavy atom. The van der Waals surface area contributed by atoms with Crippen molar-refractivity contribution in [3.8, 4) is 0 Å². The third-order valence-electron chi connectivity index (χ3n) is 0.854. The zero-order valence-corrected chi connectivity index (χ0v) is 5.88. The molecule has 0 rings (SSSR count). The predicted octanol–water partition coefficient (Wildman–Crippen LogP) is 2.74. The second-order valence-electron chi connectivity index (χ2n) is 1.85. The van der Waals surface area contributed by atoms with Crippen LogP contribution in [0.5, 0.6) is 0 Å². The molecule has 0 saturated carbocycles. The zero-order valence-electron chi connectivity index (χ0n) is 5.06. The first kappa shape index (κ1) is 6.96. The highest BCUT2D eigenvalue weighted by Gasteiger charge is 1.93. The van der Waals surface area contributed by atoms with Crippen LogP contribution in [-0.4, -0.2) is 0 Å². The van der Waals surface area contributed by atoms with Gasteiger partial charge in [-0.25, -0.2) is 0 Å². The van der Waals surface area contributed by atoms with Gasteiger partial charge in [0.25, 0.3) is 0 Å².